The van der Waals surface area contributed by atoms with Crippen LogP contribution in [-0.4, -0.2) is 0 Å². The van der Waals surface area contributed by atoms with Crippen molar-refractivity contribution in [2.75, 3.05) is 5.73 Å². The summed E-state index contributed by atoms with van der Waals surface area (Å²) < 4.78 is 0. The quantitative estimate of drug-likeness (QED) is 0.517. The number of rotatable bonds is 0. The molecular weight excluding hydrogens is 114 g/mol. The van der Waals surface area contributed by atoms with E-state index in [0.29, 0.717) is 5.69 Å². The Bertz CT molecular complexity index is 368. The first-order valence-corrected chi connectivity index (χ1v) is 2.73. The molecule has 0 saturated heterocycles. The summed E-state index contributed by atoms with van der Waals surface area (Å²) in [6.07, 6.45) is 0. The van der Waals surface area contributed by atoms with Crippen molar-refractivity contribution in [3.05, 3.63) is 28.4 Å². The summed E-state index contributed by atoms with van der Waals surface area (Å²) in [6.45, 7) is 0. The molecule has 2 rings (SSSR count). The number of nitrogens with two attached hydrogens (primary N) is 1. The largest absolute Gasteiger partial charge is 0.399 e. The number of anilines is 1. The van der Waals surface area contributed by atoms with Gasteiger partial charge in [-0.3, -0.25) is 4.79 Å². The fourth-order valence-electron chi connectivity index (χ4n) is 0.901. The van der Waals surface area contributed by atoms with E-state index in [1.165, 1.54) is 0 Å². The molecule has 0 spiro atoms. The van der Waals surface area contributed by atoms with Crippen LogP contribution >= 0.6 is 0 Å². The highest BCUT2D eigenvalue weighted by Crippen LogP contribution is 2.16. The minimum Gasteiger partial charge on any atom is -0.399 e. The first-order chi connectivity index (χ1) is 4.29. The van der Waals surface area contributed by atoms with Gasteiger partial charge in [-0.15, -0.1) is 0 Å². The van der Waals surface area contributed by atoms with Crippen LogP contribution in [0.1, 0.15) is 0 Å². The summed E-state index contributed by atoms with van der Waals surface area (Å²) >= 11 is 0. The van der Waals surface area contributed by atoms with Gasteiger partial charge in [-0.2, -0.15) is 0 Å². The number of nitrogen functional groups attached to an aromatic ring is 1. The van der Waals surface area contributed by atoms with Crippen LogP contribution < -0.4 is 11.2 Å². The molecule has 0 unspecified atom stereocenters. The molecule has 0 aliphatic heterocycles. The van der Waals surface area contributed by atoms with Gasteiger partial charge in [0.2, 0.25) is 0 Å². The molecule has 2 aromatic carbocycles. The van der Waals surface area contributed by atoms with Crippen LogP contribution in [0.15, 0.2) is 23.0 Å². The molecule has 0 bridgehead atoms. The van der Waals surface area contributed by atoms with Crippen LogP contribution in [-0.2, 0) is 0 Å². The highest BCUT2D eigenvalue weighted by Gasteiger charge is 2.09. The summed E-state index contributed by atoms with van der Waals surface area (Å²) in [5.41, 5.74) is 6.21. The number of fused-ring (bicyclic) bond motifs is 1. The van der Waals surface area contributed by atoms with Gasteiger partial charge in [0.25, 0.3) is 0 Å². The molecule has 0 saturated carbocycles. The van der Waals surface area contributed by atoms with E-state index < -0.39 is 0 Å². The van der Waals surface area contributed by atoms with E-state index in [1.54, 1.807) is 18.2 Å². The smallest absolute Gasteiger partial charge is 0.194 e. The third-order valence-corrected chi connectivity index (χ3v) is 1.47. The van der Waals surface area contributed by atoms with E-state index in [0.717, 1.165) is 10.8 Å². The zero-order valence-corrected chi connectivity index (χ0v) is 4.72. The van der Waals surface area contributed by atoms with Crippen LogP contribution in [0.4, 0.5) is 5.69 Å². The predicted octanol–water partition coefficient (Wildman–Crippen LogP) is 0.658. The van der Waals surface area contributed by atoms with Crippen molar-refractivity contribution in [2.24, 2.45) is 0 Å². The fraction of sp³-hybridized carbons (Fsp3) is 0. The number of benzene rings is 1. The van der Waals surface area contributed by atoms with Gasteiger partial charge in [0.05, 0.1) is 0 Å². The zero-order valence-electron chi connectivity index (χ0n) is 4.72. The summed E-state index contributed by atoms with van der Waals surface area (Å²) in [5, 5.41) is 1.61. The molecule has 2 N–H and O–H groups in total. The average Bonchev–Trinajstić information content (AvgIpc) is 2.43. The van der Waals surface area contributed by atoms with Crippen molar-refractivity contribution in [1.82, 2.24) is 0 Å². The van der Waals surface area contributed by atoms with Crippen molar-refractivity contribution in [3.8, 4) is 0 Å². The van der Waals surface area contributed by atoms with Crippen molar-refractivity contribution >= 4 is 16.5 Å². The second kappa shape index (κ2) is 1.16. The number of hydrogen-bond acceptors (Lipinski definition) is 2. The van der Waals surface area contributed by atoms with Crippen LogP contribution in [0.25, 0.3) is 10.8 Å². The fourth-order valence-corrected chi connectivity index (χ4v) is 0.901. The molecule has 2 nitrogen and oxygen atoms in total. The summed E-state index contributed by atoms with van der Waals surface area (Å²) in [7, 11) is 0. The van der Waals surface area contributed by atoms with Crippen LogP contribution in [0.2, 0.25) is 0 Å². The molecule has 0 aliphatic rings. The maximum Gasteiger partial charge on any atom is 0.194 e. The van der Waals surface area contributed by atoms with Crippen LogP contribution in [0.3, 0.4) is 0 Å². The molecule has 2 aromatic rings. The Hall–Kier alpha value is -1.31. The molecule has 0 radical (unpaired) electrons. The first-order valence-electron chi connectivity index (χ1n) is 2.73. The van der Waals surface area contributed by atoms with Crippen molar-refractivity contribution in [3.63, 3.8) is 0 Å². The Morgan fingerprint density at radius 1 is 1.22 bits per heavy atom. The van der Waals surface area contributed by atoms with E-state index >= 15 is 0 Å². The van der Waals surface area contributed by atoms with E-state index in [-0.39, 0.29) is 5.43 Å². The van der Waals surface area contributed by atoms with Gasteiger partial charge in [0.1, 0.15) is 0 Å². The second-order valence-corrected chi connectivity index (χ2v) is 2.13. The Morgan fingerprint density at radius 2 is 2.00 bits per heavy atom. The monoisotopic (exact) mass is 119 g/mol. The molecule has 0 atom stereocenters. The second-order valence-electron chi connectivity index (χ2n) is 2.13. The van der Waals surface area contributed by atoms with Gasteiger partial charge in [-0.05, 0) is 18.2 Å². The predicted molar refractivity (Wildman–Crippen MR) is 37.0 cm³/mol. The summed E-state index contributed by atoms with van der Waals surface area (Å²) in [4.78, 5) is 10.6. The molecule has 0 fully saturated rings. The lowest BCUT2D eigenvalue weighted by Crippen LogP contribution is -1.78. The zero-order chi connectivity index (χ0) is 6.43. The standard InChI is InChI=1S/C7H5NO/c8-4-1-2-5-6(3-4)7(5)9/h1-3H,8H2. The maximum absolute atomic E-state index is 10.6. The molecule has 0 aromatic heterocycles. The van der Waals surface area contributed by atoms with E-state index in [9.17, 15) is 4.79 Å². The van der Waals surface area contributed by atoms with Gasteiger partial charge in [0, 0.05) is 16.5 Å². The third kappa shape index (κ3) is 0.470. The Labute approximate surface area is 51.6 Å². The molecule has 0 amide bonds. The molecule has 0 heterocycles. The Kier molecular flexibility index (Phi) is 0.585. The van der Waals surface area contributed by atoms with E-state index in [4.69, 9.17) is 5.73 Å². The lowest BCUT2D eigenvalue weighted by molar-refractivity contribution is 1.81. The normalized spacial score (nSPS) is 11.1. The summed E-state index contributed by atoms with van der Waals surface area (Å²) in [5.74, 6) is 0. The van der Waals surface area contributed by atoms with Crippen LogP contribution in [0.5, 0.6) is 0 Å². The topological polar surface area (TPSA) is 43.1 Å². The van der Waals surface area contributed by atoms with Gasteiger partial charge in [-0.1, -0.05) is 0 Å². The SMILES string of the molecule is Nc1ccc2c(=O)c2c1. The molecular formula is C7H5NO. The van der Waals surface area contributed by atoms with Gasteiger partial charge < -0.3 is 5.73 Å². The highest BCUT2D eigenvalue weighted by atomic mass is 16.1. The van der Waals surface area contributed by atoms with Gasteiger partial charge in [-0.25, -0.2) is 0 Å². The maximum atomic E-state index is 10.6. The van der Waals surface area contributed by atoms with E-state index in [1.807, 2.05) is 0 Å². The van der Waals surface area contributed by atoms with Gasteiger partial charge in [0.15, 0.2) is 5.43 Å². The van der Waals surface area contributed by atoms with Crippen molar-refractivity contribution in [2.45, 2.75) is 0 Å². The van der Waals surface area contributed by atoms with Crippen molar-refractivity contribution < 1.29 is 0 Å². The van der Waals surface area contributed by atoms with Crippen LogP contribution in [0, 0.1) is 0 Å². The molecule has 9 heavy (non-hydrogen) atoms. The minimum atomic E-state index is 0.145. The van der Waals surface area contributed by atoms with Crippen molar-refractivity contribution in [1.29, 1.82) is 0 Å². The Morgan fingerprint density at radius 3 is 2.56 bits per heavy atom. The summed E-state index contributed by atoms with van der Waals surface area (Å²) in [6, 6.07) is 5.20. The average molecular weight is 119 g/mol. The first kappa shape index (κ1) is 4.56. The Balaban J connectivity index is 2.89. The van der Waals surface area contributed by atoms with Gasteiger partial charge >= 0.3 is 0 Å². The molecule has 44 valence electrons. The highest BCUT2D eigenvalue weighted by molar-refractivity contribution is 5.99. The lowest BCUT2D eigenvalue weighted by Gasteiger charge is -1.81. The van der Waals surface area contributed by atoms with E-state index in [2.05, 4.69) is 0 Å². The number of hydrogen-bond donors (Lipinski definition) is 1. The minimum absolute atomic E-state index is 0.145. The third-order valence-electron chi connectivity index (χ3n) is 1.47. The lowest BCUT2D eigenvalue weighted by atomic mass is 10.3. The molecule has 2 heteroatoms. The molecule has 0 aliphatic carbocycles.